The molecule has 0 radical (unpaired) electrons. The van der Waals surface area contributed by atoms with Crippen molar-refractivity contribution in [3.63, 3.8) is 0 Å². The summed E-state index contributed by atoms with van der Waals surface area (Å²) in [5.41, 5.74) is -0.484. The van der Waals surface area contributed by atoms with E-state index in [1.54, 1.807) is 0 Å². The Balaban J connectivity index is 4.15. The van der Waals surface area contributed by atoms with Gasteiger partial charge in [-0.2, -0.15) is 5.26 Å². The van der Waals surface area contributed by atoms with Gasteiger partial charge in [-0.15, -0.1) is 0 Å². The highest BCUT2D eigenvalue weighted by atomic mass is 16.5. The van der Waals surface area contributed by atoms with Gasteiger partial charge < -0.3 is 4.74 Å². The Morgan fingerprint density at radius 1 is 1.29 bits per heavy atom. The van der Waals surface area contributed by atoms with Crippen LogP contribution >= 0.6 is 0 Å². The number of ether oxygens (including phenoxy) is 1. The van der Waals surface area contributed by atoms with Crippen LogP contribution in [0.2, 0.25) is 0 Å². The smallest absolute Gasteiger partial charge is 0.106 e. The fourth-order valence-electron chi connectivity index (χ4n) is 1.82. The molecular weight excluding hydrogens is 212 g/mol. The van der Waals surface area contributed by atoms with Crippen LogP contribution in [0.25, 0.3) is 0 Å². The molecule has 0 heterocycles. The monoisotopic (exact) mass is 240 g/mol. The van der Waals surface area contributed by atoms with Gasteiger partial charge in [0.05, 0.1) is 11.7 Å². The molecule has 100 valence electrons. The normalized spacial score (nSPS) is 15.6. The summed E-state index contributed by atoms with van der Waals surface area (Å²) in [6, 6.07) is 2.76. The van der Waals surface area contributed by atoms with Crippen molar-refractivity contribution in [2.75, 3.05) is 6.61 Å². The van der Waals surface area contributed by atoms with E-state index in [1.807, 2.05) is 0 Å². The molecule has 3 heteroatoms. The van der Waals surface area contributed by atoms with Crippen molar-refractivity contribution in [1.82, 2.24) is 5.32 Å². The first-order valence-electron chi connectivity index (χ1n) is 6.57. The SMILES string of the molecule is CCC(C#N)(CCCOC(C)(C)C)NC(C)C. The second-order valence-electron chi connectivity index (χ2n) is 5.91. The molecule has 0 aromatic carbocycles. The topological polar surface area (TPSA) is 45.0 Å². The predicted octanol–water partition coefficient (Wildman–Crippen LogP) is 3.25. The molecule has 0 aliphatic rings. The summed E-state index contributed by atoms with van der Waals surface area (Å²) in [4.78, 5) is 0. The molecule has 0 amide bonds. The molecule has 1 unspecified atom stereocenters. The lowest BCUT2D eigenvalue weighted by Gasteiger charge is -2.29. The number of hydrogen-bond acceptors (Lipinski definition) is 3. The van der Waals surface area contributed by atoms with E-state index in [0.29, 0.717) is 12.6 Å². The minimum absolute atomic E-state index is 0.0903. The fraction of sp³-hybridized carbons (Fsp3) is 0.929. The Labute approximate surface area is 107 Å². The lowest BCUT2D eigenvalue weighted by molar-refractivity contribution is -0.00640. The maximum atomic E-state index is 9.33. The van der Waals surface area contributed by atoms with Crippen molar-refractivity contribution in [2.24, 2.45) is 0 Å². The van der Waals surface area contributed by atoms with Crippen LogP contribution in [-0.2, 0) is 4.74 Å². The van der Waals surface area contributed by atoms with Crippen molar-refractivity contribution in [1.29, 1.82) is 5.26 Å². The zero-order chi connectivity index (χ0) is 13.5. The van der Waals surface area contributed by atoms with Crippen LogP contribution in [0.3, 0.4) is 0 Å². The average molecular weight is 240 g/mol. The average Bonchev–Trinajstić information content (AvgIpc) is 2.21. The van der Waals surface area contributed by atoms with E-state index in [0.717, 1.165) is 19.3 Å². The highest BCUT2D eigenvalue weighted by molar-refractivity contribution is 5.06. The number of rotatable bonds is 7. The molecule has 1 N–H and O–H groups in total. The van der Waals surface area contributed by atoms with Gasteiger partial charge in [0.15, 0.2) is 0 Å². The molecule has 0 aromatic rings. The third-order valence-electron chi connectivity index (χ3n) is 2.67. The quantitative estimate of drug-likeness (QED) is 0.695. The van der Waals surface area contributed by atoms with Gasteiger partial charge >= 0.3 is 0 Å². The zero-order valence-electron chi connectivity index (χ0n) is 12.3. The maximum Gasteiger partial charge on any atom is 0.106 e. The predicted molar refractivity (Wildman–Crippen MR) is 71.8 cm³/mol. The summed E-state index contributed by atoms with van der Waals surface area (Å²) in [6.45, 7) is 13.1. The summed E-state index contributed by atoms with van der Waals surface area (Å²) >= 11 is 0. The summed E-state index contributed by atoms with van der Waals surface area (Å²) in [7, 11) is 0. The Morgan fingerprint density at radius 3 is 2.24 bits per heavy atom. The molecule has 0 aliphatic carbocycles. The molecule has 0 bridgehead atoms. The Hall–Kier alpha value is -0.590. The first-order chi connectivity index (χ1) is 7.74. The summed E-state index contributed by atoms with van der Waals surface area (Å²) in [6.07, 6.45) is 2.59. The van der Waals surface area contributed by atoms with Crippen LogP contribution in [0.4, 0.5) is 0 Å². The first kappa shape index (κ1) is 16.4. The van der Waals surface area contributed by atoms with Crippen LogP contribution in [0.1, 0.15) is 60.8 Å². The van der Waals surface area contributed by atoms with Gasteiger partial charge in [-0.1, -0.05) is 6.92 Å². The van der Waals surface area contributed by atoms with Crippen LogP contribution in [0.5, 0.6) is 0 Å². The molecule has 0 saturated carbocycles. The molecule has 0 fully saturated rings. The second kappa shape index (κ2) is 6.98. The van der Waals surface area contributed by atoms with Crippen LogP contribution < -0.4 is 5.32 Å². The second-order valence-corrected chi connectivity index (χ2v) is 5.91. The number of nitrogens with zero attached hydrogens (tertiary/aromatic N) is 1. The Bertz CT molecular complexity index is 250. The minimum atomic E-state index is -0.393. The van der Waals surface area contributed by atoms with Crippen molar-refractivity contribution in [2.45, 2.75) is 78.0 Å². The van der Waals surface area contributed by atoms with Gasteiger partial charge in [-0.3, -0.25) is 5.32 Å². The Kier molecular flexibility index (Phi) is 6.74. The Morgan fingerprint density at radius 2 is 1.88 bits per heavy atom. The molecule has 1 atom stereocenters. The third kappa shape index (κ3) is 7.36. The maximum absolute atomic E-state index is 9.33. The summed E-state index contributed by atoms with van der Waals surface area (Å²) in [5.74, 6) is 0. The molecule has 0 spiro atoms. The van der Waals surface area contributed by atoms with Gasteiger partial charge in [0.2, 0.25) is 0 Å². The van der Waals surface area contributed by atoms with E-state index in [9.17, 15) is 5.26 Å². The van der Waals surface area contributed by atoms with Gasteiger partial charge in [-0.25, -0.2) is 0 Å². The number of nitriles is 1. The van der Waals surface area contributed by atoms with Crippen molar-refractivity contribution < 1.29 is 4.74 Å². The van der Waals surface area contributed by atoms with E-state index >= 15 is 0 Å². The largest absolute Gasteiger partial charge is 0.376 e. The van der Waals surface area contributed by atoms with Crippen molar-refractivity contribution in [3.8, 4) is 6.07 Å². The van der Waals surface area contributed by atoms with E-state index in [4.69, 9.17) is 4.74 Å². The molecule has 3 nitrogen and oxygen atoms in total. The van der Waals surface area contributed by atoms with E-state index in [2.05, 4.69) is 52.9 Å². The van der Waals surface area contributed by atoms with E-state index in [1.165, 1.54) is 0 Å². The van der Waals surface area contributed by atoms with Gasteiger partial charge in [0.1, 0.15) is 5.54 Å². The molecule has 17 heavy (non-hydrogen) atoms. The lowest BCUT2D eigenvalue weighted by atomic mass is 9.91. The number of hydrogen-bond donors (Lipinski definition) is 1. The zero-order valence-corrected chi connectivity index (χ0v) is 12.3. The highest BCUT2D eigenvalue weighted by Gasteiger charge is 2.27. The molecule has 0 aromatic heterocycles. The van der Waals surface area contributed by atoms with Crippen LogP contribution in [0, 0.1) is 11.3 Å². The standard InChI is InChI=1S/C14H28N2O/c1-7-14(11-15,16-12(2)3)9-8-10-17-13(4,5)6/h12,16H,7-10H2,1-6H3. The molecular formula is C14H28N2O. The van der Waals surface area contributed by atoms with Gasteiger partial charge in [0.25, 0.3) is 0 Å². The number of nitrogens with one attached hydrogen (secondary N) is 1. The molecule has 0 saturated heterocycles. The molecule has 0 aliphatic heterocycles. The third-order valence-corrected chi connectivity index (χ3v) is 2.67. The van der Waals surface area contributed by atoms with Crippen molar-refractivity contribution >= 4 is 0 Å². The van der Waals surface area contributed by atoms with Gasteiger partial charge in [-0.05, 0) is 53.9 Å². The van der Waals surface area contributed by atoms with Crippen LogP contribution in [-0.4, -0.2) is 23.8 Å². The summed E-state index contributed by atoms with van der Waals surface area (Å²) in [5, 5.41) is 12.7. The van der Waals surface area contributed by atoms with E-state index < -0.39 is 5.54 Å². The fourth-order valence-corrected chi connectivity index (χ4v) is 1.82. The highest BCUT2D eigenvalue weighted by Crippen LogP contribution is 2.18. The molecule has 0 rings (SSSR count). The van der Waals surface area contributed by atoms with E-state index in [-0.39, 0.29) is 5.60 Å². The van der Waals surface area contributed by atoms with Crippen LogP contribution in [0.15, 0.2) is 0 Å². The van der Waals surface area contributed by atoms with Crippen molar-refractivity contribution in [3.05, 3.63) is 0 Å². The first-order valence-corrected chi connectivity index (χ1v) is 6.57. The lowest BCUT2D eigenvalue weighted by Crippen LogP contribution is -2.47. The minimum Gasteiger partial charge on any atom is -0.376 e. The summed E-state index contributed by atoms with van der Waals surface area (Å²) < 4.78 is 5.68. The van der Waals surface area contributed by atoms with Gasteiger partial charge in [0, 0.05) is 12.6 Å².